The summed E-state index contributed by atoms with van der Waals surface area (Å²) in [6.07, 6.45) is 6.32. The van der Waals surface area contributed by atoms with Crippen molar-refractivity contribution in [3.8, 4) is 0 Å². The highest BCUT2D eigenvalue weighted by Crippen LogP contribution is 2.62. The van der Waals surface area contributed by atoms with Crippen molar-refractivity contribution >= 4 is 28.3 Å². The number of fused-ring (bicyclic) bond motifs is 1. The van der Waals surface area contributed by atoms with Crippen molar-refractivity contribution in [3.63, 3.8) is 0 Å². The van der Waals surface area contributed by atoms with E-state index in [4.69, 9.17) is 11.3 Å². The van der Waals surface area contributed by atoms with E-state index in [9.17, 15) is 9.59 Å². The Morgan fingerprint density at radius 2 is 1.75 bits per heavy atom. The van der Waals surface area contributed by atoms with Gasteiger partial charge in [0.1, 0.15) is 0 Å². The number of ketones is 1. The molecule has 186 valence electrons. The second kappa shape index (κ2) is 8.92. The van der Waals surface area contributed by atoms with Crippen LogP contribution >= 0.6 is 0 Å². The number of rotatable bonds is 6. The Labute approximate surface area is 213 Å². The van der Waals surface area contributed by atoms with Crippen molar-refractivity contribution in [2.75, 3.05) is 7.11 Å². The van der Waals surface area contributed by atoms with Crippen LogP contribution in [0.25, 0.3) is 15.7 Å². The molecule has 2 saturated carbocycles. The highest BCUT2D eigenvalue weighted by molar-refractivity contribution is 6.10. The molecule has 2 aliphatic rings. The van der Waals surface area contributed by atoms with E-state index < -0.39 is 0 Å². The minimum absolute atomic E-state index is 0.0354. The third kappa shape index (κ3) is 4.34. The maximum absolute atomic E-state index is 13.5. The number of carbonyl (C=O) groups is 2. The Hall–Kier alpha value is -3.39. The van der Waals surface area contributed by atoms with Gasteiger partial charge in [-0.15, -0.1) is 0 Å². The largest absolute Gasteiger partial charge is 0.469 e. The number of hydrogen-bond donors (Lipinski definition) is 0. The van der Waals surface area contributed by atoms with Gasteiger partial charge in [0.2, 0.25) is 0 Å². The van der Waals surface area contributed by atoms with Crippen LogP contribution in [0.4, 0.5) is 5.69 Å². The van der Waals surface area contributed by atoms with Crippen LogP contribution in [0.15, 0.2) is 48.7 Å². The van der Waals surface area contributed by atoms with Crippen molar-refractivity contribution in [1.29, 1.82) is 0 Å². The zero-order chi connectivity index (χ0) is 25.7. The Bertz CT molecular complexity index is 1350. The molecule has 0 bridgehead atoms. The summed E-state index contributed by atoms with van der Waals surface area (Å²) in [6, 6.07) is 14.2. The highest BCUT2D eigenvalue weighted by Gasteiger charge is 2.55. The minimum atomic E-state index is -0.101. The van der Waals surface area contributed by atoms with E-state index in [0.717, 1.165) is 42.1 Å². The zero-order valence-electron chi connectivity index (χ0n) is 21.6. The number of nitrogens with zero attached hydrogens (tertiary/aromatic N) is 2. The van der Waals surface area contributed by atoms with Crippen LogP contribution in [-0.4, -0.2) is 23.4 Å². The molecule has 2 fully saturated rings. The second-order valence-corrected chi connectivity index (χ2v) is 11.9. The zero-order valence-corrected chi connectivity index (χ0v) is 21.6. The van der Waals surface area contributed by atoms with Crippen molar-refractivity contribution in [1.82, 2.24) is 4.57 Å². The maximum atomic E-state index is 13.5. The van der Waals surface area contributed by atoms with Crippen LogP contribution in [0.3, 0.4) is 0 Å². The van der Waals surface area contributed by atoms with Gasteiger partial charge in [0.05, 0.1) is 19.6 Å². The van der Waals surface area contributed by atoms with E-state index in [1.807, 2.05) is 18.3 Å². The van der Waals surface area contributed by atoms with Crippen LogP contribution in [0.5, 0.6) is 0 Å². The number of aromatic nitrogens is 1. The van der Waals surface area contributed by atoms with E-state index in [1.54, 1.807) is 6.07 Å². The molecule has 3 aromatic rings. The molecule has 5 rings (SSSR count). The van der Waals surface area contributed by atoms with Gasteiger partial charge in [0, 0.05) is 35.6 Å². The number of Topliss-reactive ketones (excluding diaryl/α,β-unsaturated/α-hetero) is 1. The number of benzene rings is 2. The van der Waals surface area contributed by atoms with Crippen LogP contribution in [-0.2, 0) is 21.5 Å². The number of ether oxygens (including phenoxy) is 1. The normalized spacial score (nSPS) is 23.1. The smallest absolute Gasteiger partial charge is 0.308 e. The molecule has 0 unspecified atom stereocenters. The fourth-order valence-electron chi connectivity index (χ4n) is 6.40. The molecule has 1 heterocycles. The summed E-state index contributed by atoms with van der Waals surface area (Å²) < 4.78 is 6.98. The van der Waals surface area contributed by atoms with Crippen LogP contribution in [0.1, 0.15) is 74.4 Å². The molecule has 5 heteroatoms. The molecular weight excluding hydrogens is 448 g/mol. The monoisotopic (exact) mass is 482 g/mol. The second-order valence-electron chi connectivity index (χ2n) is 11.9. The lowest BCUT2D eigenvalue weighted by molar-refractivity contribution is -0.161. The molecule has 0 saturated heterocycles. The molecular formula is C31H34N2O3. The van der Waals surface area contributed by atoms with Crippen LogP contribution in [0.2, 0.25) is 0 Å². The summed E-state index contributed by atoms with van der Waals surface area (Å²) in [7, 11) is 1.45. The molecule has 36 heavy (non-hydrogen) atoms. The van der Waals surface area contributed by atoms with Gasteiger partial charge in [-0.3, -0.25) is 9.59 Å². The Kier molecular flexibility index (Phi) is 6.03. The molecule has 0 aliphatic heterocycles. The average Bonchev–Trinajstić information content (AvgIpc) is 3.22. The lowest BCUT2D eigenvalue weighted by atomic mass is 9.47. The van der Waals surface area contributed by atoms with Crippen LogP contribution < -0.4 is 0 Å². The third-order valence-electron chi connectivity index (χ3n) is 8.31. The van der Waals surface area contributed by atoms with Gasteiger partial charge in [0.25, 0.3) is 0 Å². The highest BCUT2D eigenvalue weighted by atomic mass is 16.5. The number of esters is 1. The van der Waals surface area contributed by atoms with E-state index >= 15 is 0 Å². The quantitative estimate of drug-likeness (QED) is 0.214. The van der Waals surface area contributed by atoms with Crippen molar-refractivity contribution in [3.05, 3.63) is 76.8 Å². The van der Waals surface area contributed by atoms with Gasteiger partial charge in [-0.05, 0) is 59.6 Å². The molecule has 2 aliphatic carbocycles. The Morgan fingerprint density at radius 3 is 2.36 bits per heavy atom. The van der Waals surface area contributed by atoms with Gasteiger partial charge >= 0.3 is 5.97 Å². The maximum Gasteiger partial charge on any atom is 0.308 e. The summed E-state index contributed by atoms with van der Waals surface area (Å²) in [4.78, 5) is 28.9. The predicted octanol–water partition coefficient (Wildman–Crippen LogP) is 7.09. The average molecular weight is 483 g/mol. The summed E-state index contributed by atoms with van der Waals surface area (Å²) in [5.74, 6) is 0.438. The standard InChI is InChI=1S/C31H34N2O3/c1-30(2,3)23-8-6-20(7-9-23)19-33-13-12-24-26(32-4)11-10-25(28(24)33)27(34)14-21-15-31(16-21)17-22(18-31)29(35)36-5/h6-13,21-22H,14-19H2,1-3,5H3. The Morgan fingerprint density at radius 1 is 1.06 bits per heavy atom. The first-order chi connectivity index (χ1) is 17.1. The number of carbonyl (C=O) groups excluding carboxylic acids is 2. The summed E-state index contributed by atoms with van der Waals surface area (Å²) in [5, 5.41) is 0.840. The fourth-order valence-corrected chi connectivity index (χ4v) is 6.40. The predicted molar refractivity (Wildman–Crippen MR) is 141 cm³/mol. The summed E-state index contributed by atoms with van der Waals surface area (Å²) in [6.45, 7) is 14.9. The first kappa shape index (κ1) is 24.3. The summed E-state index contributed by atoms with van der Waals surface area (Å²) >= 11 is 0. The summed E-state index contributed by atoms with van der Waals surface area (Å²) in [5.41, 5.74) is 4.94. The topological polar surface area (TPSA) is 52.7 Å². The SMILES string of the molecule is [C-]#[N+]c1ccc(C(=O)CC2CC3(C2)CC(C(=O)OC)C3)c2c1ccn2Cc1ccc(C(C)(C)C)cc1. The molecule has 0 N–H and O–H groups in total. The van der Waals surface area contributed by atoms with E-state index in [2.05, 4.69) is 54.4 Å². The first-order valence-electron chi connectivity index (χ1n) is 12.8. The molecule has 2 aromatic carbocycles. The van der Waals surface area contributed by atoms with Crippen molar-refractivity contribution in [2.45, 2.75) is 64.8 Å². The first-order valence-corrected chi connectivity index (χ1v) is 12.8. The fraction of sp³-hybridized carbons (Fsp3) is 0.452. The lowest BCUT2D eigenvalue weighted by Crippen LogP contribution is -2.50. The van der Waals surface area contributed by atoms with E-state index in [1.165, 1.54) is 12.7 Å². The van der Waals surface area contributed by atoms with Crippen LogP contribution in [0, 0.1) is 23.8 Å². The van der Waals surface area contributed by atoms with Gasteiger partial charge in [0.15, 0.2) is 11.5 Å². The van der Waals surface area contributed by atoms with Crippen molar-refractivity contribution in [2.24, 2.45) is 17.3 Å². The van der Waals surface area contributed by atoms with Crippen molar-refractivity contribution < 1.29 is 14.3 Å². The minimum Gasteiger partial charge on any atom is -0.469 e. The number of hydrogen-bond acceptors (Lipinski definition) is 3. The Balaban J connectivity index is 1.34. The van der Waals surface area contributed by atoms with Gasteiger partial charge in [-0.25, -0.2) is 4.85 Å². The van der Waals surface area contributed by atoms with Gasteiger partial charge < -0.3 is 9.30 Å². The van der Waals surface area contributed by atoms with E-state index in [-0.39, 0.29) is 28.5 Å². The van der Waals surface area contributed by atoms with Gasteiger partial charge in [-0.1, -0.05) is 57.2 Å². The molecule has 0 amide bonds. The molecule has 1 aromatic heterocycles. The number of methoxy groups -OCH3 is 1. The third-order valence-corrected chi connectivity index (χ3v) is 8.31. The molecule has 1 spiro atoms. The van der Waals surface area contributed by atoms with Gasteiger partial charge in [-0.2, -0.15) is 0 Å². The molecule has 5 nitrogen and oxygen atoms in total. The molecule has 0 radical (unpaired) electrons. The lowest BCUT2D eigenvalue weighted by Gasteiger charge is -2.57. The van der Waals surface area contributed by atoms with E-state index in [0.29, 0.717) is 30.1 Å². The molecule has 0 atom stereocenters.